The van der Waals surface area contributed by atoms with E-state index in [9.17, 15) is 0 Å². The smallest absolute Gasteiger partial charge is 0.0601 e. The molecule has 0 spiro atoms. The van der Waals surface area contributed by atoms with Crippen LogP contribution in [0.5, 0.6) is 0 Å². The fourth-order valence-corrected chi connectivity index (χ4v) is 1.51. The van der Waals surface area contributed by atoms with E-state index in [4.69, 9.17) is 4.74 Å². The van der Waals surface area contributed by atoms with E-state index in [2.05, 4.69) is 30.6 Å². The van der Waals surface area contributed by atoms with Crippen LogP contribution in [0.25, 0.3) is 0 Å². The van der Waals surface area contributed by atoms with Crippen LogP contribution in [0.2, 0.25) is 0 Å². The van der Waals surface area contributed by atoms with Gasteiger partial charge in [0.05, 0.1) is 13.2 Å². The first-order chi connectivity index (χ1) is 6.22. The molecule has 1 rings (SSSR count). The maximum absolute atomic E-state index is 5.07. The second kappa shape index (κ2) is 5.26. The van der Waals surface area contributed by atoms with Crippen molar-refractivity contribution in [2.75, 3.05) is 33.4 Å². The Hall–Kier alpha value is -0.520. The summed E-state index contributed by atoms with van der Waals surface area (Å²) in [6, 6.07) is 0. The monoisotopic (exact) mass is 181 g/mol. The minimum absolute atomic E-state index is 0.496. The number of rotatable bonds is 3. The van der Waals surface area contributed by atoms with Gasteiger partial charge in [0, 0.05) is 32.0 Å². The lowest BCUT2D eigenvalue weighted by Gasteiger charge is -2.37. The largest absolute Gasteiger partial charge is 0.384 e. The Bertz CT molecular complexity index is 196. The number of methoxy groups -OCH3 is 1. The van der Waals surface area contributed by atoms with E-state index in [1.165, 1.54) is 0 Å². The first kappa shape index (κ1) is 10.6. The van der Waals surface area contributed by atoms with Gasteiger partial charge in [0.25, 0.3) is 0 Å². The maximum Gasteiger partial charge on any atom is 0.0601 e. The fraction of sp³-hybridized carbons (Fsp3) is 0.818. The molecule has 13 heavy (non-hydrogen) atoms. The minimum atomic E-state index is 0.496. The standard InChI is InChI=1S/C11H19NO/c1-10(2)5-4-6-12-7-11(8-12)9-13-3/h10-11H,6-9H2,1-3H3. The summed E-state index contributed by atoms with van der Waals surface area (Å²) in [6.07, 6.45) is 0. The van der Waals surface area contributed by atoms with Crippen molar-refractivity contribution in [3.05, 3.63) is 0 Å². The summed E-state index contributed by atoms with van der Waals surface area (Å²) in [5.41, 5.74) is 0. The number of hydrogen-bond acceptors (Lipinski definition) is 2. The Morgan fingerprint density at radius 2 is 2.15 bits per heavy atom. The SMILES string of the molecule is COCC1CN(CC#CC(C)C)C1. The number of likely N-dealkylation sites (tertiary alicyclic amines) is 1. The molecule has 2 heteroatoms. The van der Waals surface area contributed by atoms with Crippen LogP contribution in [-0.2, 0) is 4.74 Å². The van der Waals surface area contributed by atoms with Crippen molar-refractivity contribution in [2.45, 2.75) is 13.8 Å². The van der Waals surface area contributed by atoms with E-state index in [1.807, 2.05) is 0 Å². The van der Waals surface area contributed by atoms with Gasteiger partial charge in [-0.1, -0.05) is 25.7 Å². The molecule has 0 N–H and O–H groups in total. The third kappa shape index (κ3) is 3.80. The molecule has 1 heterocycles. The first-order valence-electron chi connectivity index (χ1n) is 4.92. The highest BCUT2D eigenvalue weighted by molar-refractivity contribution is 5.04. The topological polar surface area (TPSA) is 12.5 Å². The van der Waals surface area contributed by atoms with Gasteiger partial charge < -0.3 is 4.74 Å². The van der Waals surface area contributed by atoms with Gasteiger partial charge in [-0.15, -0.1) is 0 Å². The molecule has 1 aliphatic heterocycles. The molecule has 0 aliphatic carbocycles. The highest BCUT2D eigenvalue weighted by atomic mass is 16.5. The molecule has 0 amide bonds. The molecule has 0 atom stereocenters. The minimum Gasteiger partial charge on any atom is -0.384 e. The van der Waals surface area contributed by atoms with E-state index in [-0.39, 0.29) is 0 Å². The molecule has 0 saturated carbocycles. The Balaban J connectivity index is 2.06. The van der Waals surface area contributed by atoms with Crippen molar-refractivity contribution in [1.29, 1.82) is 0 Å². The summed E-state index contributed by atoms with van der Waals surface area (Å²) < 4.78 is 5.07. The number of nitrogens with zero attached hydrogens (tertiary/aromatic N) is 1. The third-order valence-corrected chi connectivity index (χ3v) is 2.13. The maximum atomic E-state index is 5.07. The van der Waals surface area contributed by atoms with Gasteiger partial charge in [0.2, 0.25) is 0 Å². The summed E-state index contributed by atoms with van der Waals surface area (Å²) in [6.45, 7) is 8.38. The van der Waals surface area contributed by atoms with E-state index < -0.39 is 0 Å². The van der Waals surface area contributed by atoms with E-state index >= 15 is 0 Å². The highest BCUT2D eigenvalue weighted by Gasteiger charge is 2.25. The average molecular weight is 181 g/mol. The highest BCUT2D eigenvalue weighted by Crippen LogP contribution is 2.14. The Labute approximate surface area is 81.3 Å². The first-order valence-corrected chi connectivity index (χ1v) is 4.92. The zero-order valence-electron chi connectivity index (χ0n) is 8.84. The lowest BCUT2D eigenvalue weighted by molar-refractivity contribution is 0.0433. The molecular formula is C11H19NO. The van der Waals surface area contributed by atoms with Crippen LogP contribution in [0.4, 0.5) is 0 Å². The number of ether oxygens (including phenoxy) is 1. The van der Waals surface area contributed by atoms with E-state index in [1.54, 1.807) is 7.11 Å². The van der Waals surface area contributed by atoms with Gasteiger partial charge in [-0.05, 0) is 0 Å². The quantitative estimate of drug-likeness (QED) is 0.607. The summed E-state index contributed by atoms with van der Waals surface area (Å²) in [5.74, 6) is 7.59. The Kier molecular flexibility index (Phi) is 4.27. The zero-order valence-corrected chi connectivity index (χ0v) is 8.84. The summed E-state index contributed by atoms with van der Waals surface area (Å²) >= 11 is 0. The summed E-state index contributed by atoms with van der Waals surface area (Å²) in [7, 11) is 1.77. The molecule has 0 aromatic carbocycles. The van der Waals surface area contributed by atoms with Crippen molar-refractivity contribution in [3.63, 3.8) is 0 Å². The normalized spacial score (nSPS) is 18.2. The second-order valence-electron chi connectivity index (χ2n) is 3.99. The van der Waals surface area contributed by atoms with Crippen LogP contribution < -0.4 is 0 Å². The zero-order chi connectivity index (χ0) is 9.68. The molecule has 1 saturated heterocycles. The van der Waals surface area contributed by atoms with E-state index in [0.717, 1.165) is 32.2 Å². The van der Waals surface area contributed by atoms with Crippen LogP contribution in [0.1, 0.15) is 13.8 Å². The lowest BCUT2D eigenvalue weighted by atomic mass is 10.0. The van der Waals surface area contributed by atoms with Crippen LogP contribution in [0.3, 0.4) is 0 Å². The predicted octanol–water partition coefficient (Wildman–Crippen LogP) is 1.22. The molecule has 0 bridgehead atoms. The van der Waals surface area contributed by atoms with Crippen LogP contribution in [0.15, 0.2) is 0 Å². The van der Waals surface area contributed by atoms with Crippen LogP contribution in [0, 0.1) is 23.7 Å². The Morgan fingerprint density at radius 1 is 1.46 bits per heavy atom. The van der Waals surface area contributed by atoms with Crippen molar-refractivity contribution < 1.29 is 4.74 Å². The lowest BCUT2D eigenvalue weighted by Crippen LogP contribution is -2.48. The molecule has 1 aliphatic rings. The van der Waals surface area contributed by atoms with Gasteiger partial charge in [0.1, 0.15) is 0 Å². The predicted molar refractivity (Wildman–Crippen MR) is 54.4 cm³/mol. The van der Waals surface area contributed by atoms with E-state index in [0.29, 0.717) is 5.92 Å². The summed E-state index contributed by atoms with van der Waals surface area (Å²) in [5, 5.41) is 0. The van der Waals surface area contributed by atoms with Gasteiger partial charge in [-0.2, -0.15) is 0 Å². The second-order valence-corrected chi connectivity index (χ2v) is 3.99. The van der Waals surface area contributed by atoms with Gasteiger partial charge >= 0.3 is 0 Å². The van der Waals surface area contributed by atoms with Crippen molar-refractivity contribution in [3.8, 4) is 11.8 Å². The van der Waals surface area contributed by atoms with Crippen molar-refractivity contribution in [2.24, 2.45) is 11.8 Å². The van der Waals surface area contributed by atoms with Crippen molar-refractivity contribution >= 4 is 0 Å². The number of hydrogen-bond donors (Lipinski definition) is 0. The Morgan fingerprint density at radius 3 is 2.69 bits per heavy atom. The molecule has 74 valence electrons. The van der Waals surface area contributed by atoms with Gasteiger partial charge in [-0.25, -0.2) is 0 Å². The van der Waals surface area contributed by atoms with Crippen molar-refractivity contribution in [1.82, 2.24) is 4.90 Å². The van der Waals surface area contributed by atoms with Crippen LogP contribution in [-0.4, -0.2) is 38.3 Å². The molecule has 0 radical (unpaired) electrons. The third-order valence-electron chi connectivity index (χ3n) is 2.13. The molecule has 0 aromatic heterocycles. The van der Waals surface area contributed by atoms with Gasteiger partial charge in [0.15, 0.2) is 0 Å². The molecule has 1 fully saturated rings. The average Bonchev–Trinajstić information content (AvgIpc) is 1.99. The van der Waals surface area contributed by atoms with Crippen LogP contribution >= 0.6 is 0 Å². The molecule has 0 unspecified atom stereocenters. The fourth-order valence-electron chi connectivity index (χ4n) is 1.51. The van der Waals surface area contributed by atoms with Gasteiger partial charge in [-0.3, -0.25) is 4.90 Å². The molecule has 2 nitrogen and oxygen atoms in total. The summed E-state index contributed by atoms with van der Waals surface area (Å²) in [4.78, 5) is 2.36. The molecule has 0 aromatic rings. The molecular weight excluding hydrogens is 162 g/mol.